The summed E-state index contributed by atoms with van der Waals surface area (Å²) in [7, 11) is 1.61. The lowest BCUT2D eigenvalue weighted by Gasteiger charge is -2.21. The predicted octanol–water partition coefficient (Wildman–Crippen LogP) is 2.08. The monoisotopic (exact) mass is 378 g/mol. The minimum Gasteiger partial charge on any atom is -0.497 e. The number of hydrogen-bond acceptors (Lipinski definition) is 5. The van der Waals surface area contributed by atoms with Crippen LogP contribution in [0.1, 0.15) is 19.3 Å². The molecule has 0 spiro atoms. The molecule has 26 heavy (non-hydrogen) atoms. The van der Waals surface area contributed by atoms with Gasteiger partial charge in [0.15, 0.2) is 0 Å². The van der Waals surface area contributed by atoms with Crippen molar-refractivity contribution in [1.82, 2.24) is 5.32 Å². The zero-order chi connectivity index (χ0) is 18.4. The van der Waals surface area contributed by atoms with Crippen molar-refractivity contribution >= 4 is 29.3 Å². The lowest BCUT2D eigenvalue weighted by atomic mass is 10.1. The second-order valence-electron chi connectivity index (χ2n) is 6.58. The molecular weight excluding hydrogens is 352 g/mol. The van der Waals surface area contributed by atoms with Gasteiger partial charge in [0.1, 0.15) is 5.75 Å². The number of hydrogen-bond donors (Lipinski definition) is 1. The van der Waals surface area contributed by atoms with Gasteiger partial charge in [0, 0.05) is 49.4 Å². The second kappa shape index (κ2) is 9.28. The summed E-state index contributed by atoms with van der Waals surface area (Å²) in [6, 6.07) is 7.34. The smallest absolute Gasteiger partial charge is 0.227 e. The minimum atomic E-state index is -0.280. The van der Waals surface area contributed by atoms with Crippen LogP contribution in [-0.2, 0) is 14.3 Å². The highest BCUT2D eigenvalue weighted by molar-refractivity contribution is 7.99. The molecule has 1 aromatic rings. The number of ether oxygens (including phenoxy) is 2. The van der Waals surface area contributed by atoms with Crippen LogP contribution in [0.4, 0.5) is 5.69 Å². The molecule has 1 aromatic carbocycles. The summed E-state index contributed by atoms with van der Waals surface area (Å²) in [5.74, 6) is 1.34. The van der Waals surface area contributed by atoms with Crippen LogP contribution in [0.5, 0.6) is 5.75 Å². The van der Waals surface area contributed by atoms with E-state index in [0.717, 1.165) is 43.2 Å². The van der Waals surface area contributed by atoms with Gasteiger partial charge in [0.2, 0.25) is 11.8 Å². The second-order valence-corrected chi connectivity index (χ2v) is 7.99. The molecule has 1 N–H and O–H groups in total. The number of anilines is 1. The summed E-state index contributed by atoms with van der Waals surface area (Å²) in [5, 5.41) is 3.62. The van der Waals surface area contributed by atoms with Gasteiger partial charge < -0.3 is 19.7 Å². The maximum Gasteiger partial charge on any atom is 0.227 e. The number of nitrogens with zero attached hydrogens (tertiary/aromatic N) is 1. The topological polar surface area (TPSA) is 67.9 Å². The number of methoxy groups -OCH3 is 1. The third-order valence-corrected chi connectivity index (χ3v) is 6.19. The molecule has 0 aliphatic carbocycles. The molecule has 2 heterocycles. The van der Waals surface area contributed by atoms with E-state index in [1.807, 2.05) is 36.0 Å². The van der Waals surface area contributed by atoms with Gasteiger partial charge in [-0.15, -0.1) is 0 Å². The van der Waals surface area contributed by atoms with E-state index in [1.165, 1.54) is 0 Å². The van der Waals surface area contributed by atoms with Gasteiger partial charge in [-0.2, -0.15) is 11.8 Å². The van der Waals surface area contributed by atoms with Gasteiger partial charge in [0.05, 0.1) is 13.0 Å². The molecule has 3 rings (SSSR count). The summed E-state index contributed by atoms with van der Waals surface area (Å²) in [5.41, 5.74) is 0.807. The first-order valence-corrected chi connectivity index (χ1v) is 10.1. The van der Waals surface area contributed by atoms with E-state index in [4.69, 9.17) is 9.47 Å². The standard InChI is InChI=1S/C19H26N2O4S/c1-24-16-4-2-15(3-5-16)21-13-14(12-18(21)22)19(23)20-8-11-26-17-6-9-25-10-7-17/h2-5,14,17H,6-13H2,1H3,(H,20,23)/t14-/m1/s1. The number of benzene rings is 1. The van der Waals surface area contributed by atoms with Crippen LogP contribution in [0.15, 0.2) is 24.3 Å². The molecule has 2 saturated heterocycles. The Kier molecular flexibility index (Phi) is 6.80. The van der Waals surface area contributed by atoms with E-state index >= 15 is 0 Å². The number of thioether (sulfide) groups is 1. The van der Waals surface area contributed by atoms with E-state index < -0.39 is 0 Å². The lowest BCUT2D eigenvalue weighted by molar-refractivity contribution is -0.126. The van der Waals surface area contributed by atoms with Crippen molar-refractivity contribution in [2.24, 2.45) is 5.92 Å². The van der Waals surface area contributed by atoms with Crippen molar-refractivity contribution in [3.63, 3.8) is 0 Å². The van der Waals surface area contributed by atoms with E-state index in [2.05, 4.69) is 5.32 Å². The fraction of sp³-hybridized carbons (Fsp3) is 0.579. The molecule has 0 unspecified atom stereocenters. The maximum atomic E-state index is 12.4. The third-order valence-electron chi connectivity index (χ3n) is 4.80. The third kappa shape index (κ3) is 4.92. The molecule has 142 valence electrons. The Hall–Kier alpha value is -1.73. The summed E-state index contributed by atoms with van der Waals surface area (Å²) in [6.45, 7) is 2.77. The van der Waals surface area contributed by atoms with E-state index in [-0.39, 0.29) is 24.2 Å². The number of rotatable bonds is 7. The van der Waals surface area contributed by atoms with Crippen molar-refractivity contribution in [2.45, 2.75) is 24.5 Å². The Morgan fingerprint density at radius 1 is 1.31 bits per heavy atom. The summed E-state index contributed by atoms with van der Waals surface area (Å²) >= 11 is 1.90. The number of amides is 2. The highest BCUT2D eigenvalue weighted by atomic mass is 32.2. The van der Waals surface area contributed by atoms with Gasteiger partial charge in [-0.25, -0.2) is 0 Å². The van der Waals surface area contributed by atoms with Crippen molar-refractivity contribution in [3.05, 3.63) is 24.3 Å². The SMILES string of the molecule is COc1ccc(N2C[C@H](C(=O)NCCSC3CCOCC3)CC2=O)cc1. The molecule has 0 saturated carbocycles. The molecule has 0 radical (unpaired) electrons. The maximum absolute atomic E-state index is 12.4. The molecule has 0 aromatic heterocycles. The van der Waals surface area contributed by atoms with Crippen molar-refractivity contribution in [2.75, 3.05) is 44.1 Å². The average molecular weight is 378 g/mol. The quantitative estimate of drug-likeness (QED) is 0.736. The van der Waals surface area contributed by atoms with Crippen molar-refractivity contribution in [3.8, 4) is 5.75 Å². The predicted molar refractivity (Wildman–Crippen MR) is 103 cm³/mol. The summed E-state index contributed by atoms with van der Waals surface area (Å²) < 4.78 is 10.5. The van der Waals surface area contributed by atoms with Crippen LogP contribution < -0.4 is 15.0 Å². The largest absolute Gasteiger partial charge is 0.497 e. The summed E-state index contributed by atoms with van der Waals surface area (Å²) in [6.07, 6.45) is 2.45. The highest BCUT2D eigenvalue weighted by Gasteiger charge is 2.34. The van der Waals surface area contributed by atoms with Crippen LogP contribution in [0.25, 0.3) is 0 Å². The fourth-order valence-electron chi connectivity index (χ4n) is 3.28. The molecule has 2 aliphatic rings. The van der Waals surface area contributed by atoms with Crippen molar-refractivity contribution < 1.29 is 19.1 Å². The zero-order valence-electron chi connectivity index (χ0n) is 15.1. The molecule has 2 fully saturated rings. The van der Waals surface area contributed by atoms with Gasteiger partial charge in [-0.3, -0.25) is 9.59 Å². The zero-order valence-corrected chi connectivity index (χ0v) is 15.9. The molecular formula is C19H26N2O4S. The van der Waals surface area contributed by atoms with Crippen LogP contribution in [0.2, 0.25) is 0 Å². The minimum absolute atomic E-state index is 0.00750. The van der Waals surface area contributed by atoms with Crippen LogP contribution >= 0.6 is 11.8 Å². The lowest BCUT2D eigenvalue weighted by Crippen LogP contribution is -2.34. The van der Waals surface area contributed by atoms with E-state index in [1.54, 1.807) is 12.0 Å². The Morgan fingerprint density at radius 2 is 2.04 bits per heavy atom. The normalized spacial score (nSPS) is 21.0. The molecule has 0 bridgehead atoms. The first-order chi connectivity index (χ1) is 12.7. The van der Waals surface area contributed by atoms with E-state index in [9.17, 15) is 9.59 Å². The van der Waals surface area contributed by atoms with Gasteiger partial charge in [0.25, 0.3) is 0 Å². The molecule has 1 atom stereocenters. The fourth-order valence-corrected chi connectivity index (χ4v) is 4.36. The molecule has 2 aliphatic heterocycles. The molecule has 2 amide bonds. The molecule has 6 nitrogen and oxygen atoms in total. The highest BCUT2D eigenvalue weighted by Crippen LogP contribution is 2.27. The Morgan fingerprint density at radius 3 is 2.73 bits per heavy atom. The van der Waals surface area contributed by atoms with Crippen LogP contribution in [-0.4, -0.2) is 56.2 Å². The van der Waals surface area contributed by atoms with Gasteiger partial charge in [-0.05, 0) is 37.1 Å². The summed E-state index contributed by atoms with van der Waals surface area (Å²) in [4.78, 5) is 26.3. The number of carbonyl (C=O) groups is 2. The van der Waals surface area contributed by atoms with Crippen LogP contribution in [0.3, 0.4) is 0 Å². The first-order valence-electron chi connectivity index (χ1n) is 9.09. The average Bonchev–Trinajstić information content (AvgIpc) is 3.08. The Bertz CT molecular complexity index is 616. The van der Waals surface area contributed by atoms with Gasteiger partial charge >= 0.3 is 0 Å². The number of nitrogens with one attached hydrogen (secondary N) is 1. The molecule has 7 heteroatoms. The first kappa shape index (κ1) is 19.0. The van der Waals surface area contributed by atoms with Crippen molar-refractivity contribution in [1.29, 1.82) is 0 Å². The van der Waals surface area contributed by atoms with Crippen LogP contribution in [0, 0.1) is 5.92 Å². The number of carbonyl (C=O) groups excluding carboxylic acids is 2. The van der Waals surface area contributed by atoms with E-state index in [0.29, 0.717) is 18.3 Å². The Labute approximate surface area is 158 Å². The van der Waals surface area contributed by atoms with Gasteiger partial charge in [-0.1, -0.05) is 0 Å². The Balaban J connectivity index is 1.42.